The van der Waals surface area contributed by atoms with E-state index >= 15 is 0 Å². The second-order valence-electron chi connectivity index (χ2n) is 6.15. The van der Waals surface area contributed by atoms with Crippen LogP contribution in [0.5, 0.6) is 0 Å². The van der Waals surface area contributed by atoms with Crippen molar-refractivity contribution < 1.29 is 9.59 Å². The Kier molecular flexibility index (Phi) is 6.94. The number of amides is 2. The summed E-state index contributed by atoms with van der Waals surface area (Å²) in [4.78, 5) is 37.4. The zero-order chi connectivity index (χ0) is 19.8. The lowest BCUT2D eigenvalue weighted by atomic mass is 10.2. The van der Waals surface area contributed by atoms with Gasteiger partial charge >= 0.3 is 0 Å². The predicted molar refractivity (Wildman–Crippen MR) is 106 cm³/mol. The number of carbonyl (C=O) groups excluding carboxylic acids is 2. The van der Waals surface area contributed by atoms with Crippen molar-refractivity contribution in [1.82, 2.24) is 19.8 Å². The van der Waals surface area contributed by atoms with Crippen LogP contribution in [0.1, 0.15) is 10.5 Å². The summed E-state index contributed by atoms with van der Waals surface area (Å²) in [6.45, 7) is 2.56. The molecule has 1 saturated heterocycles. The Morgan fingerprint density at radius 2 is 1.96 bits per heavy atom. The molecule has 1 aromatic carbocycles. The van der Waals surface area contributed by atoms with Gasteiger partial charge in [0.2, 0.25) is 5.91 Å². The van der Waals surface area contributed by atoms with Crippen molar-refractivity contribution in [2.75, 3.05) is 43.8 Å². The average molecular weight is 396 g/mol. The fraction of sp³-hybridized carbons (Fsp3) is 0.316. The number of nitrogens with zero attached hydrogens (tertiary/aromatic N) is 5. The first-order valence-electron chi connectivity index (χ1n) is 8.83. The van der Waals surface area contributed by atoms with Crippen LogP contribution in [0.2, 0.25) is 0 Å². The van der Waals surface area contributed by atoms with Gasteiger partial charge in [0.05, 0.1) is 30.3 Å². The molecule has 2 aromatic rings. The van der Waals surface area contributed by atoms with Gasteiger partial charge in [-0.2, -0.15) is 5.26 Å². The third-order valence-electron chi connectivity index (χ3n) is 4.26. The molecule has 144 valence electrons. The molecule has 1 N–H and O–H groups in total. The lowest BCUT2D eigenvalue weighted by Gasteiger charge is -2.34. The minimum Gasteiger partial charge on any atom is -0.335 e. The van der Waals surface area contributed by atoms with Crippen LogP contribution in [0, 0.1) is 11.3 Å². The molecule has 0 spiro atoms. The van der Waals surface area contributed by atoms with E-state index in [4.69, 9.17) is 5.26 Å². The fourth-order valence-electron chi connectivity index (χ4n) is 2.88. The average Bonchev–Trinajstić information content (AvgIpc) is 2.74. The Labute approximate surface area is 167 Å². The molecule has 0 bridgehead atoms. The van der Waals surface area contributed by atoms with Crippen LogP contribution < -0.4 is 5.32 Å². The number of piperazine rings is 1. The molecule has 3 rings (SSSR count). The van der Waals surface area contributed by atoms with Gasteiger partial charge in [-0.1, -0.05) is 12.1 Å². The number of anilines is 1. The molecule has 0 aliphatic carbocycles. The molecule has 0 radical (unpaired) electrons. The van der Waals surface area contributed by atoms with E-state index in [0.717, 1.165) is 4.90 Å². The second-order valence-corrected chi connectivity index (χ2v) is 7.17. The first kappa shape index (κ1) is 19.8. The maximum atomic E-state index is 12.4. The van der Waals surface area contributed by atoms with Crippen LogP contribution in [0.3, 0.4) is 0 Å². The van der Waals surface area contributed by atoms with E-state index in [1.165, 1.54) is 30.4 Å². The van der Waals surface area contributed by atoms with Gasteiger partial charge in [0.25, 0.3) is 5.91 Å². The standard InChI is InChI=1S/C19H20N6O2S/c20-5-12-28-17-4-2-1-3-15(17)23-18(26)14-24-8-10-25(11-9-24)19(27)16-13-21-6-7-22-16/h1-4,6-7,13H,8-12,14H2,(H,23,26). The normalized spacial score (nSPS) is 14.3. The molecular weight excluding hydrogens is 376 g/mol. The highest BCUT2D eigenvalue weighted by Crippen LogP contribution is 2.26. The smallest absolute Gasteiger partial charge is 0.274 e. The van der Waals surface area contributed by atoms with Crippen molar-refractivity contribution in [2.45, 2.75) is 4.90 Å². The van der Waals surface area contributed by atoms with Crippen LogP contribution >= 0.6 is 11.8 Å². The van der Waals surface area contributed by atoms with Crippen LogP contribution in [-0.2, 0) is 4.79 Å². The van der Waals surface area contributed by atoms with Crippen molar-refractivity contribution >= 4 is 29.3 Å². The molecule has 2 amide bonds. The van der Waals surface area contributed by atoms with Gasteiger partial charge < -0.3 is 10.2 Å². The first-order chi connectivity index (χ1) is 13.7. The summed E-state index contributed by atoms with van der Waals surface area (Å²) in [6, 6.07) is 9.53. The number of hydrogen-bond acceptors (Lipinski definition) is 7. The van der Waals surface area contributed by atoms with Gasteiger partial charge in [0.15, 0.2) is 0 Å². The lowest BCUT2D eigenvalue weighted by Crippen LogP contribution is -2.50. The van der Waals surface area contributed by atoms with Gasteiger partial charge in [-0.05, 0) is 12.1 Å². The number of para-hydroxylation sites is 1. The molecule has 0 atom stereocenters. The predicted octanol–water partition coefficient (Wildman–Crippen LogP) is 1.49. The number of thioether (sulfide) groups is 1. The molecule has 28 heavy (non-hydrogen) atoms. The molecule has 2 heterocycles. The van der Waals surface area contributed by atoms with Crippen molar-refractivity contribution in [2.24, 2.45) is 0 Å². The van der Waals surface area contributed by atoms with E-state index in [1.807, 2.05) is 29.2 Å². The number of nitrogens with one attached hydrogen (secondary N) is 1. The van der Waals surface area contributed by atoms with Gasteiger partial charge in [0, 0.05) is 43.5 Å². The summed E-state index contributed by atoms with van der Waals surface area (Å²) in [5, 5.41) is 11.7. The summed E-state index contributed by atoms with van der Waals surface area (Å²) >= 11 is 1.39. The topological polar surface area (TPSA) is 102 Å². The van der Waals surface area contributed by atoms with Gasteiger partial charge in [-0.25, -0.2) is 4.98 Å². The second kappa shape index (κ2) is 9.82. The summed E-state index contributed by atoms with van der Waals surface area (Å²) in [7, 11) is 0. The SMILES string of the molecule is N#CCSc1ccccc1NC(=O)CN1CCN(C(=O)c2cnccn2)CC1. The highest BCUT2D eigenvalue weighted by Gasteiger charge is 2.24. The minimum absolute atomic E-state index is 0.112. The Morgan fingerprint density at radius 1 is 1.18 bits per heavy atom. The fourth-order valence-corrected chi connectivity index (χ4v) is 3.55. The highest BCUT2D eigenvalue weighted by molar-refractivity contribution is 7.99. The van der Waals surface area contributed by atoms with Crippen LogP contribution in [0.4, 0.5) is 5.69 Å². The Balaban J connectivity index is 1.49. The molecule has 1 fully saturated rings. The summed E-state index contributed by atoms with van der Waals surface area (Å²) in [6.07, 6.45) is 4.49. The monoisotopic (exact) mass is 396 g/mol. The minimum atomic E-state index is -0.138. The maximum absolute atomic E-state index is 12.4. The molecule has 1 aliphatic rings. The quantitative estimate of drug-likeness (QED) is 0.738. The van der Waals surface area contributed by atoms with E-state index in [1.54, 1.807) is 4.90 Å². The number of nitriles is 1. The summed E-state index contributed by atoms with van der Waals surface area (Å²) in [5.41, 5.74) is 1.05. The molecular formula is C19H20N6O2S. The Hall–Kier alpha value is -2.96. The highest BCUT2D eigenvalue weighted by atomic mass is 32.2. The molecule has 1 aromatic heterocycles. The third-order valence-corrected chi connectivity index (χ3v) is 5.20. The van der Waals surface area contributed by atoms with Crippen LogP contribution in [0.15, 0.2) is 47.8 Å². The maximum Gasteiger partial charge on any atom is 0.274 e. The van der Waals surface area contributed by atoms with Crippen LogP contribution in [0.25, 0.3) is 0 Å². The third kappa shape index (κ3) is 5.28. The van der Waals surface area contributed by atoms with Crippen molar-refractivity contribution in [1.29, 1.82) is 5.26 Å². The molecule has 0 unspecified atom stereocenters. The van der Waals surface area contributed by atoms with Crippen LogP contribution in [-0.4, -0.2) is 70.1 Å². The summed E-state index contributed by atoms with van der Waals surface area (Å²) < 4.78 is 0. The van der Waals surface area contributed by atoms with E-state index < -0.39 is 0 Å². The summed E-state index contributed by atoms with van der Waals surface area (Å²) in [5.74, 6) is 0.0774. The number of aromatic nitrogens is 2. The van der Waals surface area contributed by atoms with Crippen molar-refractivity contribution in [3.8, 4) is 6.07 Å². The zero-order valence-corrected chi connectivity index (χ0v) is 16.1. The zero-order valence-electron chi connectivity index (χ0n) is 15.2. The number of hydrogen-bond donors (Lipinski definition) is 1. The Morgan fingerprint density at radius 3 is 2.68 bits per heavy atom. The van der Waals surface area contributed by atoms with Gasteiger partial charge in [0.1, 0.15) is 5.69 Å². The molecule has 8 nitrogen and oxygen atoms in total. The van der Waals surface area contributed by atoms with Gasteiger partial charge in [-0.15, -0.1) is 11.8 Å². The molecule has 0 saturated carbocycles. The van der Waals surface area contributed by atoms with E-state index in [0.29, 0.717) is 43.3 Å². The first-order valence-corrected chi connectivity index (χ1v) is 9.82. The van der Waals surface area contributed by atoms with Gasteiger partial charge in [-0.3, -0.25) is 19.5 Å². The van der Waals surface area contributed by atoms with E-state index in [2.05, 4.69) is 21.4 Å². The number of rotatable bonds is 6. The van der Waals surface area contributed by atoms with E-state index in [9.17, 15) is 9.59 Å². The Bertz CT molecular complexity index is 862. The lowest BCUT2D eigenvalue weighted by molar-refractivity contribution is -0.117. The van der Waals surface area contributed by atoms with E-state index in [-0.39, 0.29) is 18.4 Å². The largest absolute Gasteiger partial charge is 0.335 e. The number of benzene rings is 1. The molecule has 1 aliphatic heterocycles. The van der Waals surface area contributed by atoms with Crippen molar-refractivity contribution in [3.05, 3.63) is 48.5 Å². The number of carbonyl (C=O) groups is 2. The van der Waals surface area contributed by atoms with Crippen molar-refractivity contribution in [3.63, 3.8) is 0 Å². The molecule has 9 heteroatoms.